The molecule has 1 amide bonds. The minimum Gasteiger partial charge on any atom is -0.446 e. The molecule has 2 N–H and O–H groups in total. The Kier molecular flexibility index (Phi) is 11.4. The zero-order valence-electron chi connectivity index (χ0n) is 28.2. The third-order valence-corrected chi connectivity index (χ3v) is 9.03. The number of ether oxygens (including phenoxy) is 2. The fraction of sp³-hybridized carbons (Fsp3) is 0.286. The summed E-state index contributed by atoms with van der Waals surface area (Å²) in [5.41, 5.74) is 0.0581. The number of nitrogens with zero attached hydrogens (tertiary/aromatic N) is 7. The first kappa shape index (κ1) is 36.6. The van der Waals surface area contributed by atoms with E-state index in [1.54, 1.807) is 72.3 Å². The monoisotopic (exact) mass is 717 g/mol. The topological polar surface area (TPSA) is 159 Å². The minimum atomic E-state index is -2.00. The molecule has 0 aliphatic heterocycles. The van der Waals surface area contributed by atoms with Crippen LogP contribution in [0.15, 0.2) is 78.8 Å². The Balaban J connectivity index is 1.29. The average molecular weight is 718 g/mol. The minimum absolute atomic E-state index is 0.0815. The van der Waals surface area contributed by atoms with Crippen molar-refractivity contribution in [2.24, 2.45) is 0 Å². The second kappa shape index (κ2) is 15.9. The first-order valence-electron chi connectivity index (χ1n) is 15.7. The summed E-state index contributed by atoms with van der Waals surface area (Å²) in [5.74, 6) is -2.68. The molecule has 3 aromatic heterocycles. The van der Waals surface area contributed by atoms with Gasteiger partial charge in [-0.2, -0.15) is 5.26 Å². The van der Waals surface area contributed by atoms with E-state index in [0.717, 1.165) is 23.8 Å². The van der Waals surface area contributed by atoms with Crippen molar-refractivity contribution < 1.29 is 37.5 Å². The maximum atomic E-state index is 15.3. The molecule has 3 heterocycles. The van der Waals surface area contributed by atoms with Gasteiger partial charge < -0.3 is 14.6 Å². The van der Waals surface area contributed by atoms with Crippen LogP contribution in [0.5, 0.6) is 0 Å². The molecule has 3 atom stereocenters. The highest BCUT2D eigenvalue weighted by Crippen LogP contribution is 2.41. The summed E-state index contributed by atoms with van der Waals surface area (Å²) in [7, 11) is 3.43. The van der Waals surface area contributed by atoms with Crippen LogP contribution in [0.3, 0.4) is 0 Å². The Morgan fingerprint density at radius 1 is 1.20 bits per heavy atom. The lowest BCUT2D eigenvalue weighted by Crippen LogP contribution is -2.39. The van der Waals surface area contributed by atoms with E-state index in [1.165, 1.54) is 41.8 Å². The van der Waals surface area contributed by atoms with Crippen LogP contribution in [-0.4, -0.2) is 62.5 Å². The van der Waals surface area contributed by atoms with E-state index >= 15 is 4.39 Å². The van der Waals surface area contributed by atoms with Crippen molar-refractivity contribution in [3.05, 3.63) is 112 Å². The number of amides is 1. The largest absolute Gasteiger partial charge is 0.446 e. The van der Waals surface area contributed by atoms with Gasteiger partial charge in [0.05, 0.1) is 27.9 Å². The molecule has 5 aromatic rings. The summed E-state index contributed by atoms with van der Waals surface area (Å²) in [6.45, 7) is 2.77. The molecule has 0 bridgehead atoms. The summed E-state index contributed by atoms with van der Waals surface area (Å²) < 4.78 is 43.4. The number of benzene rings is 2. The molecule has 0 saturated heterocycles. The van der Waals surface area contributed by atoms with E-state index < -0.39 is 41.4 Å². The second-order valence-electron chi connectivity index (χ2n) is 11.8. The second-order valence-corrected chi connectivity index (χ2v) is 12.7. The molecule has 16 heteroatoms. The number of esters is 1. The molecule has 2 aromatic carbocycles. The van der Waals surface area contributed by atoms with E-state index in [2.05, 4.69) is 21.5 Å². The highest BCUT2D eigenvalue weighted by molar-refractivity contribution is 7.10. The highest BCUT2D eigenvalue weighted by Gasteiger charge is 2.43. The number of aliphatic hydroxyl groups is 1. The Labute approximate surface area is 296 Å². The lowest BCUT2D eigenvalue weighted by molar-refractivity contribution is -0.698. The van der Waals surface area contributed by atoms with E-state index in [9.17, 15) is 19.1 Å². The number of anilines is 1. The Morgan fingerprint density at radius 3 is 2.67 bits per heavy atom. The normalized spacial score (nSPS) is 13.5. The molecular weight excluding hydrogens is 682 g/mol. The molecule has 5 rings (SSSR count). The van der Waals surface area contributed by atoms with Crippen LogP contribution in [0.25, 0.3) is 11.3 Å². The third kappa shape index (κ3) is 8.76. The van der Waals surface area contributed by atoms with Crippen LogP contribution in [0.4, 0.5) is 19.4 Å². The summed E-state index contributed by atoms with van der Waals surface area (Å²) in [5, 5.41) is 30.5. The van der Waals surface area contributed by atoms with Gasteiger partial charge in [0.15, 0.2) is 6.23 Å². The van der Waals surface area contributed by atoms with Gasteiger partial charge in [-0.05, 0) is 56.6 Å². The molecule has 1 unspecified atom stereocenters. The molecule has 0 aliphatic carbocycles. The fourth-order valence-electron chi connectivity index (χ4n) is 5.33. The van der Waals surface area contributed by atoms with Gasteiger partial charge in [0.1, 0.15) is 42.7 Å². The number of pyridine rings is 1. The predicted octanol–water partition coefficient (Wildman–Crippen LogP) is 4.90. The molecule has 0 spiro atoms. The number of nitrogens with one attached hydrogen (secondary N) is 1. The van der Waals surface area contributed by atoms with Crippen molar-refractivity contribution >= 4 is 29.2 Å². The maximum Gasteiger partial charge on any atom is 0.412 e. The van der Waals surface area contributed by atoms with Crippen molar-refractivity contribution in [2.75, 3.05) is 26.0 Å². The quantitative estimate of drug-likeness (QED) is 0.0975. The summed E-state index contributed by atoms with van der Waals surface area (Å²) in [4.78, 5) is 34.8. The average Bonchev–Trinajstić information content (AvgIpc) is 3.78. The Morgan fingerprint density at radius 2 is 1.96 bits per heavy atom. The fourth-order valence-corrected chi connectivity index (χ4v) is 6.30. The lowest BCUT2D eigenvalue weighted by atomic mass is 9.82. The van der Waals surface area contributed by atoms with Crippen LogP contribution in [0, 0.1) is 23.0 Å². The highest BCUT2D eigenvalue weighted by atomic mass is 32.1. The van der Waals surface area contributed by atoms with Gasteiger partial charge in [-0.25, -0.2) is 28.1 Å². The van der Waals surface area contributed by atoms with Crippen molar-refractivity contribution in [2.45, 2.75) is 44.7 Å². The van der Waals surface area contributed by atoms with Crippen molar-refractivity contribution in [3.63, 3.8) is 0 Å². The molecule has 0 fully saturated rings. The number of rotatable bonds is 13. The molecular formula is C35H35F2N8O5S+. The number of halogens is 2. The summed E-state index contributed by atoms with van der Waals surface area (Å²) in [6.07, 6.45) is 2.87. The molecule has 51 heavy (non-hydrogen) atoms. The molecule has 0 aliphatic rings. The number of nitriles is 1. The number of carbonyl (C=O) groups excluding carboxylic acids is 2. The van der Waals surface area contributed by atoms with E-state index in [4.69, 9.17) is 19.7 Å². The van der Waals surface area contributed by atoms with E-state index in [0.29, 0.717) is 21.8 Å². The molecule has 264 valence electrons. The van der Waals surface area contributed by atoms with Crippen LogP contribution in [-0.2, 0) is 33.0 Å². The first-order valence-corrected chi connectivity index (χ1v) is 16.5. The SMILES string of the molecule is CC(=O)OC(c1cccnc1NC(=O)OCC[n+]1cnn(C[C@](O)(c2cc(F)ccc2F)[C@@H](C)c2nc(-c3ccc(C#N)cc3)cs2)c1)N(C)C. The number of hydrogen-bond acceptors (Lipinski definition) is 11. The number of hydrogen-bond donors (Lipinski definition) is 2. The predicted molar refractivity (Wildman–Crippen MR) is 181 cm³/mol. The van der Waals surface area contributed by atoms with Gasteiger partial charge in [-0.3, -0.25) is 15.0 Å². The maximum absolute atomic E-state index is 15.3. The van der Waals surface area contributed by atoms with Gasteiger partial charge in [-0.1, -0.05) is 19.1 Å². The lowest BCUT2D eigenvalue weighted by Gasteiger charge is -2.32. The van der Waals surface area contributed by atoms with E-state index in [1.807, 2.05) is 0 Å². The van der Waals surface area contributed by atoms with E-state index in [-0.39, 0.29) is 31.1 Å². The van der Waals surface area contributed by atoms with Crippen LogP contribution >= 0.6 is 11.3 Å². The van der Waals surface area contributed by atoms with Crippen LogP contribution < -0.4 is 9.88 Å². The van der Waals surface area contributed by atoms with Crippen molar-refractivity contribution in [1.82, 2.24) is 24.6 Å². The standard InChI is InChI=1S/C35H34F2N8O5S/c1-22(32-41-30(18-51-32)25-9-7-24(17-38)8-10-25)35(48,28-16-26(36)11-12-29(28)37)19-45-21-44(20-40-45)14-15-49-34(47)42-31-27(6-5-13-39-31)33(43(3)4)50-23(2)46/h5-13,16,18,20-22,33,48H,14-15,19H2,1-4H3/p+1/t22-,33?,35+/m0/s1. The van der Waals surface area contributed by atoms with Crippen molar-refractivity contribution in [1.29, 1.82) is 5.26 Å². The third-order valence-electron chi connectivity index (χ3n) is 8.00. The van der Waals surface area contributed by atoms with Crippen LogP contribution in [0.1, 0.15) is 47.7 Å². The Hall–Kier alpha value is -5.63. The summed E-state index contributed by atoms with van der Waals surface area (Å²) >= 11 is 1.26. The zero-order chi connectivity index (χ0) is 36.7. The van der Waals surface area contributed by atoms with Gasteiger partial charge >= 0.3 is 12.1 Å². The van der Waals surface area contributed by atoms with Crippen molar-refractivity contribution in [3.8, 4) is 17.3 Å². The smallest absolute Gasteiger partial charge is 0.412 e. The van der Waals surface area contributed by atoms with Gasteiger partial charge in [0, 0.05) is 40.6 Å². The van der Waals surface area contributed by atoms with Gasteiger partial charge in [0.2, 0.25) is 6.33 Å². The molecule has 0 radical (unpaired) electrons. The number of carbonyl (C=O) groups is 2. The number of thiazole rings is 1. The van der Waals surface area contributed by atoms with Gasteiger partial charge in [0.25, 0.3) is 6.33 Å². The number of aromatic nitrogens is 5. The van der Waals surface area contributed by atoms with Gasteiger partial charge in [-0.15, -0.1) is 16.0 Å². The van der Waals surface area contributed by atoms with Crippen LogP contribution in [0.2, 0.25) is 0 Å². The Bertz CT molecular complexity index is 2050. The zero-order valence-corrected chi connectivity index (χ0v) is 29.0. The molecule has 13 nitrogen and oxygen atoms in total. The summed E-state index contributed by atoms with van der Waals surface area (Å²) in [6, 6.07) is 15.2. The molecule has 0 saturated carbocycles. The first-order chi connectivity index (χ1) is 24.4.